The monoisotopic (exact) mass is 204 g/mol. The fraction of sp³-hybridized carbons (Fsp3) is 0. The van der Waals surface area contributed by atoms with Crippen LogP contribution in [0.3, 0.4) is 0 Å². The Bertz CT molecular complexity index is 143. The van der Waals surface area contributed by atoms with Crippen molar-refractivity contribution in [1.82, 2.24) is 0 Å². The molecule has 0 bridgehead atoms. The Morgan fingerprint density at radius 3 is 1.67 bits per heavy atom. The highest BCUT2D eigenvalue weighted by Gasteiger charge is 1.74. The van der Waals surface area contributed by atoms with Crippen LogP contribution in [0.25, 0.3) is 0 Å². The summed E-state index contributed by atoms with van der Waals surface area (Å²) in [6.07, 6.45) is 0. The van der Waals surface area contributed by atoms with Crippen LogP contribution < -0.4 is 0 Å². The number of halogens is 1. The van der Waals surface area contributed by atoms with Crippen molar-refractivity contribution in [1.29, 1.82) is 0 Å². The van der Waals surface area contributed by atoms with Gasteiger partial charge in [0, 0.05) is 4.47 Å². The third-order valence-electron chi connectivity index (χ3n) is 0.733. The summed E-state index contributed by atoms with van der Waals surface area (Å²) in [7, 11) is 0. The van der Waals surface area contributed by atoms with Gasteiger partial charge in [-0.25, -0.2) is 0 Å². The van der Waals surface area contributed by atoms with Gasteiger partial charge in [0.1, 0.15) is 0 Å². The fourth-order valence-corrected chi connectivity index (χ4v) is 0.720. The lowest BCUT2D eigenvalue weighted by atomic mass is 10.4. The second-order valence-corrected chi connectivity index (χ2v) is 2.21. The van der Waals surface area contributed by atoms with Gasteiger partial charge in [-0.3, -0.25) is 0 Å². The predicted molar refractivity (Wildman–Crippen MR) is 47.7 cm³/mol. The number of rotatable bonds is 0. The third-order valence-corrected chi connectivity index (χ3v) is 1.26. The highest BCUT2D eigenvalue weighted by Crippen LogP contribution is 2.05. The minimum absolute atomic E-state index is 0. The van der Waals surface area contributed by atoms with Gasteiger partial charge in [-0.05, 0) is 12.1 Å². The largest absolute Gasteiger partial charge is 0.412 e. The Morgan fingerprint density at radius 2 is 1.44 bits per heavy atom. The Kier molecular flexibility index (Phi) is 8.37. The van der Waals surface area contributed by atoms with Gasteiger partial charge >= 0.3 is 0 Å². The molecule has 3 heteroatoms. The van der Waals surface area contributed by atoms with Gasteiger partial charge < -0.3 is 5.48 Å². The standard InChI is InChI=1S/C6H5Br.Al.H2O.3H/c7-6-4-2-1-3-5-6;;;;;/h1-5H;;1H2;;;. The maximum absolute atomic E-state index is 3.31. The number of hydrogen-bond acceptors (Lipinski definition) is 0. The Balaban J connectivity index is 0. The molecule has 0 fully saturated rings. The van der Waals surface area contributed by atoms with Gasteiger partial charge in [-0.2, -0.15) is 0 Å². The first kappa shape index (κ1) is 11.9. The summed E-state index contributed by atoms with van der Waals surface area (Å²) >= 11 is 3.31. The average Bonchev–Trinajstić information content (AvgIpc) is 1.69. The molecule has 0 aliphatic heterocycles. The third kappa shape index (κ3) is 4.68. The second kappa shape index (κ2) is 6.31. The van der Waals surface area contributed by atoms with E-state index in [0.29, 0.717) is 0 Å². The van der Waals surface area contributed by atoms with Crippen molar-refractivity contribution in [2.75, 3.05) is 0 Å². The van der Waals surface area contributed by atoms with Gasteiger partial charge in [0.05, 0.1) is 0 Å². The van der Waals surface area contributed by atoms with Crippen molar-refractivity contribution in [2.24, 2.45) is 0 Å². The lowest BCUT2D eigenvalue weighted by Gasteiger charge is -1.80. The predicted octanol–water partition coefficient (Wildman–Crippen LogP) is 0.440. The molecular formula is C6H10AlBrO. The van der Waals surface area contributed by atoms with E-state index in [0.717, 1.165) is 4.47 Å². The fourth-order valence-electron chi connectivity index (χ4n) is 0.415. The molecule has 50 valence electrons. The zero-order valence-corrected chi connectivity index (χ0v) is 5.85. The topological polar surface area (TPSA) is 31.5 Å². The molecule has 0 radical (unpaired) electrons. The number of benzene rings is 1. The molecule has 1 aromatic carbocycles. The van der Waals surface area contributed by atoms with Gasteiger partial charge in [-0.1, -0.05) is 34.1 Å². The van der Waals surface area contributed by atoms with Crippen LogP contribution in [0.4, 0.5) is 0 Å². The first-order valence-electron chi connectivity index (χ1n) is 2.10. The summed E-state index contributed by atoms with van der Waals surface area (Å²) in [6.45, 7) is 0. The second-order valence-electron chi connectivity index (χ2n) is 1.30. The maximum atomic E-state index is 3.31. The molecule has 0 unspecified atom stereocenters. The Hall–Kier alpha value is 0.192. The molecule has 0 aromatic heterocycles. The maximum Gasteiger partial charge on any atom is 0.187 e. The minimum atomic E-state index is 0. The summed E-state index contributed by atoms with van der Waals surface area (Å²) in [4.78, 5) is 0. The molecule has 0 atom stereocenters. The van der Waals surface area contributed by atoms with E-state index in [2.05, 4.69) is 15.9 Å². The van der Waals surface area contributed by atoms with E-state index >= 15 is 0 Å². The summed E-state index contributed by atoms with van der Waals surface area (Å²) in [5.74, 6) is 0. The van der Waals surface area contributed by atoms with Crippen LogP contribution in [0.5, 0.6) is 0 Å². The highest BCUT2D eigenvalue weighted by molar-refractivity contribution is 9.10. The summed E-state index contributed by atoms with van der Waals surface area (Å²) in [5, 5.41) is 0. The van der Waals surface area contributed by atoms with E-state index in [-0.39, 0.29) is 22.8 Å². The summed E-state index contributed by atoms with van der Waals surface area (Å²) in [5.41, 5.74) is 0. The first-order chi connectivity index (χ1) is 3.39. The van der Waals surface area contributed by atoms with Crippen molar-refractivity contribution < 1.29 is 5.48 Å². The molecule has 9 heavy (non-hydrogen) atoms. The number of hydrogen-bond donors (Lipinski definition) is 0. The first-order valence-corrected chi connectivity index (χ1v) is 2.89. The van der Waals surface area contributed by atoms with E-state index in [1.165, 1.54) is 0 Å². The molecular weight excluding hydrogens is 195 g/mol. The molecule has 0 heterocycles. The molecule has 2 N–H and O–H groups in total. The minimum Gasteiger partial charge on any atom is -0.412 e. The Morgan fingerprint density at radius 1 is 1.00 bits per heavy atom. The van der Waals surface area contributed by atoms with Crippen molar-refractivity contribution in [3.8, 4) is 0 Å². The van der Waals surface area contributed by atoms with E-state index in [4.69, 9.17) is 0 Å². The van der Waals surface area contributed by atoms with Crippen LogP contribution >= 0.6 is 15.9 Å². The van der Waals surface area contributed by atoms with E-state index < -0.39 is 0 Å². The van der Waals surface area contributed by atoms with Crippen LogP contribution in [0, 0.1) is 0 Å². The summed E-state index contributed by atoms with van der Waals surface area (Å²) < 4.78 is 1.13. The molecule has 1 nitrogen and oxygen atoms in total. The Labute approximate surface area is 73.7 Å². The van der Waals surface area contributed by atoms with Gasteiger partial charge in [0.25, 0.3) is 0 Å². The molecule has 0 spiro atoms. The lowest BCUT2D eigenvalue weighted by molar-refractivity contribution is 0.824. The normalized spacial score (nSPS) is 6.78. The van der Waals surface area contributed by atoms with E-state index in [1.807, 2.05) is 30.3 Å². The molecule has 1 rings (SSSR count). The average molecular weight is 205 g/mol. The molecule has 0 aliphatic rings. The van der Waals surface area contributed by atoms with Gasteiger partial charge in [0.2, 0.25) is 0 Å². The molecule has 1 aromatic rings. The van der Waals surface area contributed by atoms with E-state index in [9.17, 15) is 0 Å². The zero-order chi connectivity index (χ0) is 5.11. The van der Waals surface area contributed by atoms with Gasteiger partial charge in [0.15, 0.2) is 17.4 Å². The van der Waals surface area contributed by atoms with Crippen molar-refractivity contribution in [3.05, 3.63) is 34.8 Å². The van der Waals surface area contributed by atoms with Crippen LogP contribution in [-0.4, -0.2) is 22.8 Å². The van der Waals surface area contributed by atoms with Crippen LogP contribution in [0.1, 0.15) is 0 Å². The smallest absolute Gasteiger partial charge is 0.187 e. The van der Waals surface area contributed by atoms with Crippen LogP contribution in [0.15, 0.2) is 34.8 Å². The SMILES string of the molecule is Brc1ccccc1.O.[AlH3]. The van der Waals surface area contributed by atoms with Crippen molar-refractivity contribution in [2.45, 2.75) is 0 Å². The molecule has 0 amide bonds. The molecule has 0 saturated carbocycles. The summed E-state index contributed by atoms with van der Waals surface area (Å²) in [6, 6.07) is 9.97. The lowest BCUT2D eigenvalue weighted by Crippen LogP contribution is -1.55. The van der Waals surface area contributed by atoms with Crippen LogP contribution in [0.2, 0.25) is 0 Å². The van der Waals surface area contributed by atoms with Gasteiger partial charge in [-0.15, -0.1) is 0 Å². The highest BCUT2D eigenvalue weighted by atomic mass is 79.9. The molecule has 0 saturated heterocycles. The van der Waals surface area contributed by atoms with Crippen LogP contribution in [-0.2, 0) is 0 Å². The zero-order valence-electron chi connectivity index (χ0n) is 4.26. The quantitative estimate of drug-likeness (QED) is 0.550. The van der Waals surface area contributed by atoms with E-state index in [1.54, 1.807) is 0 Å². The van der Waals surface area contributed by atoms with Crippen molar-refractivity contribution >= 4 is 33.3 Å². The van der Waals surface area contributed by atoms with Crippen molar-refractivity contribution in [3.63, 3.8) is 0 Å². The molecule has 0 aliphatic carbocycles.